The highest BCUT2D eigenvalue weighted by molar-refractivity contribution is 14.0. The van der Waals surface area contributed by atoms with Crippen molar-refractivity contribution in [2.75, 3.05) is 46.9 Å². The molecule has 2 N–H and O–H groups in total. The first-order valence-electron chi connectivity index (χ1n) is 8.88. The fraction of sp³-hybridized carbons (Fsp3) is 0.722. The van der Waals surface area contributed by atoms with Crippen LogP contribution < -0.4 is 10.6 Å². The molecule has 1 aromatic rings. The van der Waals surface area contributed by atoms with E-state index in [-0.39, 0.29) is 29.5 Å². The average Bonchev–Trinajstić information content (AvgIpc) is 3.12. The van der Waals surface area contributed by atoms with Crippen LogP contribution in [0.3, 0.4) is 0 Å². The van der Waals surface area contributed by atoms with E-state index in [1.54, 1.807) is 0 Å². The van der Waals surface area contributed by atoms with Gasteiger partial charge in [-0.2, -0.15) is 0 Å². The molecule has 1 aliphatic heterocycles. The van der Waals surface area contributed by atoms with Gasteiger partial charge in [0.25, 0.3) is 0 Å². The second-order valence-electron chi connectivity index (χ2n) is 6.72. The predicted molar refractivity (Wildman–Crippen MR) is 119 cm³/mol. The number of aliphatic imine (C=N–C) groups is 1. The summed E-state index contributed by atoms with van der Waals surface area (Å²) >= 11 is 1.81. The van der Waals surface area contributed by atoms with Crippen LogP contribution in [0.25, 0.3) is 0 Å². The Morgan fingerprint density at radius 1 is 1.36 bits per heavy atom. The van der Waals surface area contributed by atoms with Gasteiger partial charge in [-0.25, -0.2) is 0 Å². The molecule has 1 unspecified atom stereocenters. The van der Waals surface area contributed by atoms with Crippen LogP contribution in [0.5, 0.6) is 0 Å². The molecule has 0 saturated carbocycles. The molecule has 0 aromatic carbocycles. The van der Waals surface area contributed by atoms with Crippen molar-refractivity contribution in [3.63, 3.8) is 0 Å². The fourth-order valence-electron chi connectivity index (χ4n) is 2.99. The van der Waals surface area contributed by atoms with Crippen molar-refractivity contribution < 1.29 is 4.74 Å². The van der Waals surface area contributed by atoms with Crippen molar-refractivity contribution in [1.29, 1.82) is 0 Å². The van der Waals surface area contributed by atoms with E-state index in [1.165, 1.54) is 4.88 Å². The second-order valence-corrected chi connectivity index (χ2v) is 7.70. The maximum absolute atomic E-state index is 5.54. The molecule has 144 valence electrons. The van der Waals surface area contributed by atoms with E-state index in [1.807, 2.05) is 11.3 Å². The summed E-state index contributed by atoms with van der Waals surface area (Å²) in [5, 5.41) is 9.01. The minimum absolute atomic E-state index is 0. The van der Waals surface area contributed by atoms with Crippen molar-refractivity contribution in [2.45, 2.75) is 38.1 Å². The van der Waals surface area contributed by atoms with Crippen LogP contribution in [0.15, 0.2) is 22.5 Å². The highest BCUT2D eigenvalue weighted by atomic mass is 127. The predicted octanol–water partition coefficient (Wildman–Crippen LogP) is 3.14. The Morgan fingerprint density at radius 3 is 2.64 bits per heavy atom. The minimum Gasteiger partial charge on any atom is -0.381 e. The lowest BCUT2D eigenvalue weighted by molar-refractivity contribution is -0.00254. The topological polar surface area (TPSA) is 48.9 Å². The molecule has 0 bridgehead atoms. The molecule has 2 rings (SSSR count). The van der Waals surface area contributed by atoms with Crippen LogP contribution in [0, 0.1) is 0 Å². The Hall–Kier alpha value is -0.380. The summed E-state index contributed by atoms with van der Waals surface area (Å²) in [6.45, 7) is 8.58. The van der Waals surface area contributed by atoms with E-state index in [4.69, 9.17) is 9.73 Å². The van der Waals surface area contributed by atoms with Gasteiger partial charge in [0.15, 0.2) is 5.96 Å². The first kappa shape index (κ1) is 22.7. The molecule has 5 nitrogen and oxygen atoms in total. The summed E-state index contributed by atoms with van der Waals surface area (Å²) in [6.07, 6.45) is 2.07. The summed E-state index contributed by atoms with van der Waals surface area (Å²) in [4.78, 5) is 8.61. The summed E-state index contributed by atoms with van der Waals surface area (Å²) < 4.78 is 5.54. The van der Waals surface area contributed by atoms with Crippen molar-refractivity contribution in [3.8, 4) is 0 Å². The van der Waals surface area contributed by atoms with E-state index >= 15 is 0 Å². The summed E-state index contributed by atoms with van der Waals surface area (Å²) in [7, 11) is 4.31. The van der Waals surface area contributed by atoms with Gasteiger partial charge in [-0.1, -0.05) is 13.0 Å². The van der Waals surface area contributed by atoms with Crippen LogP contribution in [-0.2, 0) is 4.74 Å². The monoisotopic (exact) mass is 480 g/mol. The van der Waals surface area contributed by atoms with Gasteiger partial charge in [-0.05, 0) is 45.3 Å². The van der Waals surface area contributed by atoms with Gasteiger partial charge in [0, 0.05) is 42.6 Å². The summed E-state index contributed by atoms with van der Waals surface area (Å²) in [6, 6.07) is 4.31. The zero-order chi connectivity index (χ0) is 17.4. The molecule has 25 heavy (non-hydrogen) atoms. The maximum Gasteiger partial charge on any atom is 0.191 e. The van der Waals surface area contributed by atoms with Gasteiger partial charge in [0.1, 0.15) is 0 Å². The molecule has 0 spiro atoms. The summed E-state index contributed by atoms with van der Waals surface area (Å²) in [5.41, 5.74) is 0.111. The molecule has 1 aliphatic rings. The van der Waals surface area contributed by atoms with Crippen LogP contribution in [0.4, 0.5) is 0 Å². The van der Waals surface area contributed by atoms with E-state index < -0.39 is 0 Å². The van der Waals surface area contributed by atoms with Gasteiger partial charge in [-0.15, -0.1) is 35.3 Å². The Labute approximate surface area is 173 Å². The highest BCUT2D eigenvalue weighted by Gasteiger charge is 2.34. The zero-order valence-electron chi connectivity index (χ0n) is 15.9. The Balaban J connectivity index is 0.00000312. The van der Waals surface area contributed by atoms with Gasteiger partial charge >= 0.3 is 0 Å². The normalized spacial score (nSPS) is 18.5. The lowest BCUT2D eigenvalue weighted by Gasteiger charge is -2.41. The largest absolute Gasteiger partial charge is 0.381 e. The Bertz CT molecular complexity index is 501. The Morgan fingerprint density at radius 2 is 2.08 bits per heavy atom. The molecule has 7 heteroatoms. The molecule has 0 amide bonds. The zero-order valence-corrected chi connectivity index (χ0v) is 19.0. The van der Waals surface area contributed by atoms with Crippen molar-refractivity contribution >= 4 is 41.3 Å². The number of hydrogen-bond acceptors (Lipinski definition) is 4. The van der Waals surface area contributed by atoms with E-state index in [0.29, 0.717) is 5.92 Å². The number of guanidine groups is 1. The van der Waals surface area contributed by atoms with Gasteiger partial charge in [0.05, 0.1) is 6.54 Å². The van der Waals surface area contributed by atoms with E-state index in [2.05, 4.69) is 61.0 Å². The third-order valence-corrected chi connectivity index (χ3v) is 5.96. The summed E-state index contributed by atoms with van der Waals surface area (Å²) in [5.74, 6) is 1.40. The molecule has 2 heterocycles. The standard InChI is InChI=1S/C18H32N4OS.HI/c1-5-19-17(20-13-15(2)16-7-6-12-24-16)21-14-18(22(3)4)8-10-23-11-9-18;/h6-7,12,15H,5,8-11,13-14H2,1-4H3,(H2,19,20,21);1H. The van der Waals surface area contributed by atoms with Gasteiger partial charge < -0.3 is 20.3 Å². The molecular formula is C18H33IN4OS. The van der Waals surface area contributed by atoms with Crippen molar-refractivity contribution in [2.24, 2.45) is 4.99 Å². The second kappa shape index (κ2) is 11.4. The van der Waals surface area contributed by atoms with E-state index in [0.717, 1.165) is 51.6 Å². The minimum atomic E-state index is 0. The van der Waals surface area contributed by atoms with E-state index in [9.17, 15) is 0 Å². The molecule has 1 saturated heterocycles. The average molecular weight is 480 g/mol. The molecule has 1 aromatic heterocycles. The van der Waals surface area contributed by atoms with Crippen molar-refractivity contribution in [1.82, 2.24) is 15.5 Å². The molecule has 0 aliphatic carbocycles. The maximum atomic E-state index is 5.54. The number of ether oxygens (including phenoxy) is 1. The number of rotatable bonds is 7. The molecule has 0 radical (unpaired) electrons. The lowest BCUT2D eigenvalue weighted by atomic mass is 9.89. The van der Waals surface area contributed by atoms with Crippen molar-refractivity contribution in [3.05, 3.63) is 22.4 Å². The van der Waals surface area contributed by atoms with Crippen LogP contribution in [0.1, 0.15) is 37.5 Å². The number of nitrogens with zero attached hydrogens (tertiary/aromatic N) is 2. The number of halogens is 1. The molecular weight excluding hydrogens is 447 g/mol. The number of likely N-dealkylation sites (N-methyl/N-ethyl adjacent to an activating group) is 1. The van der Waals surface area contributed by atoms with Crippen LogP contribution in [0.2, 0.25) is 0 Å². The quantitative estimate of drug-likeness (QED) is 0.358. The third kappa shape index (κ3) is 6.69. The SMILES string of the molecule is CCNC(=NCC1(N(C)C)CCOCC1)NCC(C)c1cccs1.I. The first-order valence-corrected chi connectivity index (χ1v) is 9.76. The Kier molecular flexibility index (Phi) is 10.3. The number of thiophene rings is 1. The first-order chi connectivity index (χ1) is 11.6. The number of nitrogens with one attached hydrogen (secondary N) is 2. The highest BCUT2D eigenvalue weighted by Crippen LogP contribution is 2.26. The molecule has 1 atom stereocenters. The van der Waals surface area contributed by atoms with Gasteiger partial charge in [-0.3, -0.25) is 4.99 Å². The molecule has 1 fully saturated rings. The van der Waals surface area contributed by atoms with Gasteiger partial charge in [0.2, 0.25) is 0 Å². The smallest absolute Gasteiger partial charge is 0.191 e. The fourth-order valence-corrected chi connectivity index (χ4v) is 3.78. The van der Waals surface area contributed by atoms with Crippen LogP contribution in [-0.4, -0.2) is 63.3 Å². The number of hydrogen-bond donors (Lipinski definition) is 2. The lowest BCUT2D eigenvalue weighted by Crippen LogP contribution is -2.51. The third-order valence-electron chi connectivity index (χ3n) is 4.85. The van der Waals surface area contributed by atoms with Crippen LogP contribution >= 0.6 is 35.3 Å².